The molecular weight excluding hydrogens is 390 g/mol. The predicted molar refractivity (Wildman–Crippen MR) is 125 cm³/mol. The first-order valence-corrected chi connectivity index (χ1v) is 12.3. The molecule has 5 rings (SSSR count). The van der Waals surface area contributed by atoms with Gasteiger partial charge in [0, 0.05) is 59.6 Å². The highest BCUT2D eigenvalue weighted by molar-refractivity contribution is 7.90. The van der Waals surface area contributed by atoms with Crippen LogP contribution in [-0.2, 0) is 24.5 Å². The van der Waals surface area contributed by atoms with Gasteiger partial charge in [0.1, 0.15) is 5.25 Å². The fourth-order valence-corrected chi connectivity index (χ4v) is 5.33. The maximum Gasteiger partial charge on any atom is 0.135 e. The van der Waals surface area contributed by atoms with E-state index in [9.17, 15) is 4.55 Å². The van der Waals surface area contributed by atoms with E-state index in [2.05, 4.69) is 66.6 Å². The summed E-state index contributed by atoms with van der Waals surface area (Å²) in [6.45, 7) is 8.40. The SMILES string of the molecule is CC(C)(C)Cn1cc(CN[S+]([O-])C2CC2)c2ccc(-c3ncccc3C3CC3)cc21. The van der Waals surface area contributed by atoms with Crippen molar-refractivity contribution < 1.29 is 4.55 Å². The molecule has 158 valence electrons. The van der Waals surface area contributed by atoms with E-state index in [-0.39, 0.29) is 5.41 Å². The molecule has 2 heterocycles. The van der Waals surface area contributed by atoms with Gasteiger partial charge in [-0.25, -0.2) is 0 Å². The van der Waals surface area contributed by atoms with E-state index < -0.39 is 11.4 Å². The van der Waals surface area contributed by atoms with Crippen molar-refractivity contribution in [3.63, 3.8) is 0 Å². The van der Waals surface area contributed by atoms with Crippen LogP contribution in [0.15, 0.2) is 42.7 Å². The first kappa shape index (κ1) is 20.1. The van der Waals surface area contributed by atoms with Crippen LogP contribution in [0.2, 0.25) is 0 Å². The van der Waals surface area contributed by atoms with E-state index in [1.54, 1.807) is 0 Å². The molecule has 2 fully saturated rings. The number of hydrogen-bond acceptors (Lipinski definition) is 3. The van der Waals surface area contributed by atoms with Crippen molar-refractivity contribution in [2.75, 3.05) is 0 Å². The molecule has 0 aliphatic heterocycles. The second kappa shape index (κ2) is 7.70. The normalized spacial score (nSPS) is 18.1. The van der Waals surface area contributed by atoms with E-state index in [4.69, 9.17) is 4.98 Å². The molecule has 0 amide bonds. The Hall–Kier alpha value is -1.82. The van der Waals surface area contributed by atoms with Crippen LogP contribution in [0, 0.1) is 5.41 Å². The summed E-state index contributed by atoms with van der Waals surface area (Å²) in [4.78, 5) is 4.75. The third-order valence-corrected chi connectivity index (χ3v) is 7.48. The Kier molecular flexibility index (Phi) is 5.16. The number of fused-ring (bicyclic) bond motifs is 1. The van der Waals surface area contributed by atoms with Crippen LogP contribution >= 0.6 is 0 Å². The molecule has 0 radical (unpaired) electrons. The molecular formula is C25H31N3OS. The minimum atomic E-state index is -0.919. The standard InChI is InChI=1S/C25H31N3OS/c1-25(2,3)16-28-15-19(14-27-30(29)20-9-10-20)21-11-8-18(13-23(21)28)24-22(17-6-7-17)5-4-12-26-24/h4-5,8,11-13,15,17,20,27H,6-7,9-10,14,16H2,1-3H3. The van der Waals surface area contributed by atoms with E-state index in [0.717, 1.165) is 25.1 Å². The lowest BCUT2D eigenvalue weighted by Gasteiger charge is -2.20. The molecule has 0 saturated heterocycles. The molecule has 1 unspecified atom stereocenters. The van der Waals surface area contributed by atoms with Gasteiger partial charge in [0.25, 0.3) is 0 Å². The van der Waals surface area contributed by atoms with Gasteiger partial charge < -0.3 is 9.12 Å². The van der Waals surface area contributed by atoms with Crippen LogP contribution in [0.4, 0.5) is 0 Å². The first-order valence-electron chi connectivity index (χ1n) is 11.1. The molecule has 3 aromatic rings. The molecule has 2 aliphatic rings. The third-order valence-electron chi connectivity index (χ3n) is 5.97. The maximum atomic E-state index is 12.3. The summed E-state index contributed by atoms with van der Waals surface area (Å²) in [6, 6.07) is 11.0. The van der Waals surface area contributed by atoms with Gasteiger partial charge in [-0.3, -0.25) is 4.98 Å². The van der Waals surface area contributed by atoms with Crippen LogP contribution in [0.3, 0.4) is 0 Å². The third kappa shape index (κ3) is 4.29. The summed E-state index contributed by atoms with van der Waals surface area (Å²) in [5.41, 5.74) is 6.34. The summed E-state index contributed by atoms with van der Waals surface area (Å²) in [5.74, 6) is 0.669. The summed E-state index contributed by atoms with van der Waals surface area (Å²) in [5, 5.41) is 1.59. The Morgan fingerprint density at radius 3 is 2.67 bits per heavy atom. The summed E-state index contributed by atoms with van der Waals surface area (Å²) >= 11 is -0.919. The lowest BCUT2D eigenvalue weighted by molar-refractivity contribution is 0.349. The van der Waals surface area contributed by atoms with Gasteiger partial charge >= 0.3 is 0 Å². The Morgan fingerprint density at radius 1 is 1.17 bits per heavy atom. The fraction of sp³-hybridized carbons (Fsp3) is 0.480. The van der Waals surface area contributed by atoms with E-state index in [0.29, 0.717) is 17.7 Å². The average Bonchev–Trinajstić information content (AvgIpc) is 3.62. The van der Waals surface area contributed by atoms with E-state index in [1.165, 1.54) is 40.4 Å². The van der Waals surface area contributed by atoms with Crippen LogP contribution in [-0.4, -0.2) is 19.4 Å². The molecule has 0 spiro atoms. The van der Waals surface area contributed by atoms with Gasteiger partial charge in [-0.1, -0.05) is 39.0 Å². The number of hydrogen-bond donors (Lipinski definition) is 1. The smallest absolute Gasteiger partial charge is 0.135 e. The lowest BCUT2D eigenvalue weighted by Crippen LogP contribution is -2.26. The fourth-order valence-electron chi connectivity index (χ4n) is 4.23. The topological polar surface area (TPSA) is 52.9 Å². The zero-order valence-electron chi connectivity index (χ0n) is 18.1. The quantitative estimate of drug-likeness (QED) is 0.509. The van der Waals surface area contributed by atoms with Crippen molar-refractivity contribution >= 4 is 22.3 Å². The van der Waals surface area contributed by atoms with Crippen molar-refractivity contribution in [2.24, 2.45) is 5.41 Å². The highest BCUT2D eigenvalue weighted by atomic mass is 32.2. The van der Waals surface area contributed by atoms with Crippen LogP contribution in [0.25, 0.3) is 22.2 Å². The van der Waals surface area contributed by atoms with Gasteiger partial charge in [-0.2, -0.15) is 0 Å². The molecule has 1 aromatic carbocycles. The predicted octanol–water partition coefficient (Wildman–Crippen LogP) is 5.54. The molecule has 2 aromatic heterocycles. The summed E-state index contributed by atoms with van der Waals surface area (Å²) in [7, 11) is 0. The van der Waals surface area contributed by atoms with E-state index >= 15 is 0 Å². The Bertz CT molecular complexity index is 1060. The maximum absolute atomic E-state index is 12.3. The molecule has 4 nitrogen and oxygen atoms in total. The zero-order valence-corrected chi connectivity index (χ0v) is 19.0. The Labute approximate surface area is 182 Å². The number of benzene rings is 1. The average molecular weight is 422 g/mol. The second-order valence-electron chi connectivity index (χ2n) is 10.1. The van der Waals surface area contributed by atoms with Gasteiger partial charge in [-0.15, -0.1) is 4.72 Å². The monoisotopic (exact) mass is 421 g/mol. The molecule has 2 saturated carbocycles. The Balaban J connectivity index is 1.53. The number of nitrogens with one attached hydrogen (secondary N) is 1. The van der Waals surface area contributed by atoms with Crippen molar-refractivity contribution in [2.45, 2.75) is 70.7 Å². The number of aromatic nitrogens is 2. The van der Waals surface area contributed by atoms with Crippen molar-refractivity contribution in [3.05, 3.63) is 53.9 Å². The number of nitrogens with zero attached hydrogens (tertiary/aromatic N) is 2. The van der Waals surface area contributed by atoms with E-state index in [1.807, 2.05) is 6.20 Å². The van der Waals surface area contributed by atoms with Crippen LogP contribution in [0.5, 0.6) is 0 Å². The minimum Gasteiger partial charge on any atom is -0.598 e. The largest absolute Gasteiger partial charge is 0.598 e. The molecule has 5 heteroatoms. The van der Waals surface area contributed by atoms with Gasteiger partial charge in [0.2, 0.25) is 0 Å². The van der Waals surface area contributed by atoms with Gasteiger partial charge in [0.15, 0.2) is 0 Å². The molecule has 1 atom stereocenters. The van der Waals surface area contributed by atoms with Crippen LogP contribution < -0.4 is 4.72 Å². The van der Waals surface area contributed by atoms with Gasteiger partial charge in [0.05, 0.1) is 12.2 Å². The molecule has 1 N–H and O–H groups in total. The highest BCUT2D eigenvalue weighted by Gasteiger charge is 2.34. The zero-order chi connectivity index (χ0) is 20.9. The molecule has 0 bridgehead atoms. The molecule has 30 heavy (non-hydrogen) atoms. The number of pyridine rings is 1. The van der Waals surface area contributed by atoms with Crippen LogP contribution in [0.1, 0.15) is 63.5 Å². The van der Waals surface area contributed by atoms with Crippen molar-refractivity contribution in [1.82, 2.24) is 14.3 Å². The summed E-state index contributed by atoms with van der Waals surface area (Å²) < 4.78 is 17.9. The Morgan fingerprint density at radius 2 is 1.97 bits per heavy atom. The minimum absolute atomic E-state index is 0.174. The molecule has 2 aliphatic carbocycles. The highest BCUT2D eigenvalue weighted by Crippen LogP contribution is 2.44. The van der Waals surface area contributed by atoms with Crippen molar-refractivity contribution in [3.8, 4) is 11.3 Å². The first-order chi connectivity index (χ1) is 14.4. The second-order valence-corrected chi connectivity index (χ2v) is 11.7. The lowest BCUT2D eigenvalue weighted by atomic mass is 9.96. The number of rotatable bonds is 7. The van der Waals surface area contributed by atoms with Crippen molar-refractivity contribution in [1.29, 1.82) is 0 Å². The summed E-state index contributed by atoms with van der Waals surface area (Å²) in [6.07, 6.45) is 8.87. The van der Waals surface area contributed by atoms with Gasteiger partial charge in [-0.05, 0) is 47.4 Å².